The lowest BCUT2D eigenvalue weighted by Crippen LogP contribution is -2.31. The first kappa shape index (κ1) is 13.9. The zero-order valence-electron chi connectivity index (χ0n) is 10.4. The summed E-state index contributed by atoms with van der Waals surface area (Å²) >= 11 is 9.63. The van der Waals surface area contributed by atoms with Gasteiger partial charge >= 0.3 is 0 Å². The molecule has 4 heteroatoms. The minimum absolute atomic E-state index is 0.0126. The van der Waals surface area contributed by atoms with E-state index in [-0.39, 0.29) is 11.3 Å². The van der Waals surface area contributed by atoms with Crippen molar-refractivity contribution in [2.24, 2.45) is 5.92 Å². The molecule has 1 aliphatic rings. The van der Waals surface area contributed by atoms with Gasteiger partial charge in [0, 0.05) is 22.0 Å². The van der Waals surface area contributed by atoms with Crippen LogP contribution < -0.4 is 5.32 Å². The van der Waals surface area contributed by atoms with E-state index in [1.165, 1.54) is 6.42 Å². The molecule has 0 bridgehead atoms. The summed E-state index contributed by atoms with van der Waals surface area (Å²) < 4.78 is 1.02. The molecule has 1 aliphatic carbocycles. The topological polar surface area (TPSA) is 29.1 Å². The zero-order chi connectivity index (χ0) is 13.1. The maximum Gasteiger partial charge on any atom is 0.251 e. The van der Waals surface area contributed by atoms with Crippen LogP contribution in [0.2, 0.25) is 0 Å². The van der Waals surface area contributed by atoms with Crippen molar-refractivity contribution in [2.75, 3.05) is 6.54 Å². The molecule has 0 aromatic heterocycles. The van der Waals surface area contributed by atoms with Crippen molar-refractivity contribution in [1.29, 1.82) is 0 Å². The van der Waals surface area contributed by atoms with Crippen molar-refractivity contribution >= 4 is 33.4 Å². The number of benzene rings is 1. The van der Waals surface area contributed by atoms with Gasteiger partial charge in [0.2, 0.25) is 0 Å². The molecule has 1 aromatic carbocycles. The molecular formula is C14H17BrClNO. The molecule has 0 radical (unpaired) electrons. The van der Waals surface area contributed by atoms with E-state index in [9.17, 15) is 4.79 Å². The first-order valence-corrected chi connectivity index (χ1v) is 7.49. The van der Waals surface area contributed by atoms with Crippen LogP contribution in [0.25, 0.3) is 0 Å². The molecule has 1 N–H and O–H groups in total. The molecule has 0 spiro atoms. The molecule has 0 aliphatic heterocycles. The van der Waals surface area contributed by atoms with E-state index in [4.69, 9.17) is 11.6 Å². The standard InChI is InChI=1S/C14H17BrClNO/c1-9-7-10(5-6-12(9)15)14(18)17-8-11-3-2-4-13(11)16/h5-7,11,13H,2-4,8H2,1H3,(H,17,18). The number of hydrogen-bond donors (Lipinski definition) is 1. The fourth-order valence-corrected chi connectivity index (χ4v) is 2.95. The maximum atomic E-state index is 12.0. The maximum absolute atomic E-state index is 12.0. The SMILES string of the molecule is Cc1cc(C(=O)NCC2CCCC2Cl)ccc1Br. The van der Waals surface area contributed by atoms with Gasteiger partial charge in [-0.25, -0.2) is 0 Å². The molecule has 98 valence electrons. The van der Waals surface area contributed by atoms with E-state index >= 15 is 0 Å². The highest BCUT2D eigenvalue weighted by molar-refractivity contribution is 9.10. The Bertz CT molecular complexity index is 449. The smallest absolute Gasteiger partial charge is 0.251 e. The number of alkyl halides is 1. The van der Waals surface area contributed by atoms with E-state index in [1.54, 1.807) is 0 Å². The second kappa shape index (κ2) is 6.07. The third-order valence-corrected chi connectivity index (χ3v) is 4.98. The molecular weight excluding hydrogens is 314 g/mol. The molecule has 1 saturated carbocycles. The van der Waals surface area contributed by atoms with Crippen LogP contribution in [0.15, 0.2) is 22.7 Å². The predicted molar refractivity (Wildman–Crippen MR) is 78.2 cm³/mol. The Morgan fingerprint density at radius 2 is 2.28 bits per heavy atom. The van der Waals surface area contributed by atoms with Crippen molar-refractivity contribution < 1.29 is 4.79 Å². The normalized spacial score (nSPS) is 23.1. The number of rotatable bonds is 3. The molecule has 2 unspecified atom stereocenters. The number of amides is 1. The van der Waals surface area contributed by atoms with Gasteiger partial charge in [-0.3, -0.25) is 4.79 Å². The highest BCUT2D eigenvalue weighted by Crippen LogP contribution is 2.29. The number of halogens is 2. The molecule has 2 atom stereocenters. The lowest BCUT2D eigenvalue weighted by atomic mass is 10.1. The third kappa shape index (κ3) is 3.27. The van der Waals surface area contributed by atoms with Gasteiger partial charge in [0.1, 0.15) is 0 Å². The van der Waals surface area contributed by atoms with Crippen LogP contribution in [0.1, 0.15) is 35.2 Å². The highest BCUT2D eigenvalue weighted by atomic mass is 79.9. The third-order valence-electron chi connectivity index (χ3n) is 3.51. The van der Waals surface area contributed by atoms with Crippen molar-refractivity contribution in [3.63, 3.8) is 0 Å². The van der Waals surface area contributed by atoms with Crippen LogP contribution in [0.5, 0.6) is 0 Å². The van der Waals surface area contributed by atoms with Gasteiger partial charge in [-0.15, -0.1) is 11.6 Å². The molecule has 0 saturated heterocycles. The fourth-order valence-electron chi connectivity index (χ4n) is 2.33. The van der Waals surface area contributed by atoms with Crippen molar-refractivity contribution in [3.05, 3.63) is 33.8 Å². The molecule has 18 heavy (non-hydrogen) atoms. The van der Waals surface area contributed by atoms with E-state index in [1.807, 2.05) is 25.1 Å². The first-order valence-electron chi connectivity index (χ1n) is 6.26. The highest BCUT2D eigenvalue weighted by Gasteiger charge is 2.25. The van der Waals surface area contributed by atoms with Crippen molar-refractivity contribution in [1.82, 2.24) is 5.32 Å². The Morgan fingerprint density at radius 3 is 2.89 bits per heavy atom. The lowest BCUT2D eigenvalue weighted by Gasteiger charge is -2.14. The number of hydrogen-bond acceptors (Lipinski definition) is 1. The average molecular weight is 331 g/mol. The summed E-state index contributed by atoms with van der Waals surface area (Å²) in [5.74, 6) is 0.411. The minimum Gasteiger partial charge on any atom is -0.352 e. The summed E-state index contributed by atoms with van der Waals surface area (Å²) in [4.78, 5) is 12.0. The van der Waals surface area contributed by atoms with E-state index < -0.39 is 0 Å². The Hall–Kier alpha value is -0.540. The van der Waals surface area contributed by atoms with Crippen molar-refractivity contribution in [2.45, 2.75) is 31.6 Å². The summed E-state index contributed by atoms with van der Waals surface area (Å²) in [6.07, 6.45) is 3.36. The van der Waals surface area contributed by atoms with Gasteiger partial charge < -0.3 is 5.32 Å². The van der Waals surface area contributed by atoms with Gasteiger partial charge in [-0.2, -0.15) is 0 Å². The number of carbonyl (C=O) groups is 1. The van der Waals surface area contributed by atoms with Gasteiger partial charge in [-0.05, 0) is 49.4 Å². The molecule has 1 amide bonds. The quantitative estimate of drug-likeness (QED) is 0.837. The van der Waals surface area contributed by atoms with E-state index in [0.717, 1.165) is 22.9 Å². The number of carbonyl (C=O) groups excluding carboxylic acids is 1. The Kier molecular flexibility index (Phi) is 4.68. The Morgan fingerprint density at radius 1 is 1.50 bits per heavy atom. The fraction of sp³-hybridized carbons (Fsp3) is 0.500. The number of nitrogens with one attached hydrogen (secondary N) is 1. The van der Waals surface area contributed by atoms with Gasteiger partial charge in [0.25, 0.3) is 5.91 Å². The number of aryl methyl sites for hydroxylation is 1. The zero-order valence-corrected chi connectivity index (χ0v) is 12.7. The Labute approximate surface area is 121 Å². The summed E-state index contributed by atoms with van der Waals surface area (Å²) in [5, 5.41) is 3.20. The summed E-state index contributed by atoms with van der Waals surface area (Å²) in [5.41, 5.74) is 1.78. The van der Waals surface area contributed by atoms with Crippen LogP contribution in [-0.2, 0) is 0 Å². The monoisotopic (exact) mass is 329 g/mol. The van der Waals surface area contributed by atoms with E-state index in [2.05, 4.69) is 21.2 Å². The van der Waals surface area contributed by atoms with Crippen LogP contribution in [-0.4, -0.2) is 17.8 Å². The van der Waals surface area contributed by atoms with Crippen LogP contribution >= 0.6 is 27.5 Å². The predicted octanol–water partition coefficient (Wildman–Crippen LogP) is 3.89. The van der Waals surface area contributed by atoms with Gasteiger partial charge in [0.05, 0.1) is 0 Å². The van der Waals surface area contributed by atoms with Gasteiger partial charge in [0.15, 0.2) is 0 Å². The largest absolute Gasteiger partial charge is 0.352 e. The second-order valence-corrected chi connectivity index (χ2v) is 6.30. The molecule has 2 nitrogen and oxygen atoms in total. The average Bonchev–Trinajstić information content (AvgIpc) is 2.75. The molecule has 1 fully saturated rings. The Balaban J connectivity index is 1.93. The summed E-state index contributed by atoms with van der Waals surface area (Å²) in [6.45, 7) is 2.66. The first-order chi connectivity index (χ1) is 8.58. The van der Waals surface area contributed by atoms with Crippen LogP contribution in [0, 0.1) is 12.8 Å². The lowest BCUT2D eigenvalue weighted by molar-refractivity contribution is 0.0947. The minimum atomic E-state index is -0.0126. The second-order valence-electron chi connectivity index (χ2n) is 4.88. The van der Waals surface area contributed by atoms with Crippen LogP contribution in [0.3, 0.4) is 0 Å². The molecule has 1 aromatic rings. The summed E-state index contributed by atoms with van der Waals surface area (Å²) in [6, 6.07) is 5.63. The molecule has 2 rings (SSSR count). The van der Waals surface area contributed by atoms with Crippen LogP contribution in [0.4, 0.5) is 0 Å². The van der Waals surface area contributed by atoms with Crippen molar-refractivity contribution in [3.8, 4) is 0 Å². The molecule has 0 heterocycles. The summed E-state index contributed by atoms with van der Waals surface area (Å²) in [7, 11) is 0. The van der Waals surface area contributed by atoms with E-state index in [0.29, 0.717) is 18.0 Å². The van der Waals surface area contributed by atoms with Gasteiger partial charge in [-0.1, -0.05) is 22.4 Å².